The van der Waals surface area contributed by atoms with Crippen molar-refractivity contribution in [3.05, 3.63) is 76.2 Å². The number of ether oxygens (including phenoxy) is 1. The van der Waals surface area contributed by atoms with Gasteiger partial charge in [0, 0.05) is 17.6 Å². The summed E-state index contributed by atoms with van der Waals surface area (Å²) in [4.78, 5) is 18.7. The van der Waals surface area contributed by atoms with Crippen LogP contribution in [0.15, 0.2) is 60.0 Å². The van der Waals surface area contributed by atoms with Crippen molar-refractivity contribution < 1.29 is 17.9 Å². The zero-order valence-electron chi connectivity index (χ0n) is 16.4. The number of carbonyl (C=O) groups excluding carboxylic acids is 1. The lowest BCUT2D eigenvalue weighted by Crippen LogP contribution is -2.39. The number of nitrogens with zero attached hydrogens (tertiary/aromatic N) is 2. The second-order valence-electron chi connectivity index (χ2n) is 7.14. The van der Waals surface area contributed by atoms with Crippen molar-refractivity contribution in [2.45, 2.75) is 25.2 Å². The van der Waals surface area contributed by atoms with Crippen LogP contribution >= 0.6 is 11.3 Å². The number of carbonyl (C=O) groups is 1. The third-order valence-corrected chi connectivity index (χ3v) is 7.12. The molecule has 8 heteroatoms. The maximum absolute atomic E-state index is 12.7. The standard InChI is InChI=1S/C22H22N2O4S2/c25-22(24-12-6-8-17-7-4-5-11-20(17)24)16-30(26,27)15-18-14-29-21(23-18)13-28-19-9-2-1-3-10-19/h1-5,7,9-11,14H,6,8,12-13,15-16H2. The number of aryl methyl sites for hydroxylation is 1. The average Bonchev–Trinajstić information content (AvgIpc) is 3.18. The van der Waals surface area contributed by atoms with Gasteiger partial charge in [0.15, 0.2) is 9.84 Å². The summed E-state index contributed by atoms with van der Waals surface area (Å²) in [5.74, 6) is -0.426. The van der Waals surface area contributed by atoms with Gasteiger partial charge < -0.3 is 9.64 Å². The second kappa shape index (κ2) is 8.97. The molecule has 156 valence electrons. The Morgan fingerprint density at radius 3 is 2.70 bits per heavy atom. The van der Waals surface area contributed by atoms with Gasteiger partial charge in [-0.15, -0.1) is 11.3 Å². The van der Waals surface area contributed by atoms with E-state index in [0.29, 0.717) is 17.2 Å². The minimum atomic E-state index is -3.63. The molecule has 0 unspecified atom stereocenters. The molecule has 0 N–H and O–H groups in total. The van der Waals surface area contributed by atoms with Crippen molar-refractivity contribution in [3.63, 3.8) is 0 Å². The van der Waals surface area contributed by atoms with Gasteiger partial charge in [0.05, 0.1) is 11.4 Å². The molecule has 0 spiro atoms. The number of thiazole rings is 1. The summed E-state index contributed by atoms with van der Waals surface area (Å²) in [6.07, 6.45) is 1.74. The van der Waals surface area contributed by atoms with E-state index in [4.69, 9.17) is 4.74 Å². The number of anilines is 1. The van der Waals surface area contributed by atoms with Gasteiger partial charge >= 0.3 is 0 Å². The van der Waals surface area contributed by atoms with Gasteiger partial charge in [-0.1, -0.05) is 36.4 Å². The zero-order valence-corrected chi connectivity index (χ0v) is 18.0. The van der Waals surface area contributed by atoms with Crippen molar-refractivity contribution in [2.75, 3.05) is 17.2 Å². The monoisotopic (exact) mass is 442 g/mol. The van der Waals surface area contributed by atoms with Crippen LogP contribution in [0, 0.1) is 0 Å². The summed E-state index contributed by atoms with van der Waals surface area (Å²) in [5.41, 5.74) is 2.34. The molecule has 0 saturated carbocycles. The van der Waals surface area contributed by atoms with Gasteiger partial charge in [-0.05, 0) is 36.6 Å². The van der Waals surface area contributed by atoms with E-state index in [-0.39, 0.29) is 18.3 Å². The average molecular weight is 443 g/mol. The first-order valence-corrected chi connectivity index (χ1v) is 12.4. The fraction of sp³-hybridized carbons (Fsp3) is 0.273. The number of sulfone groups is 1. The minimum Gasteiger partial charge on any atom is -0.486 e. The molecule has 0 aliphatic carbocycles. The van der Waals surface area contributed by atoms with E-state index in [0.717, 1.165) is 29.8 Å². The number of rotatable bonds is 7. The van der Waals surface area contributed by atoms with Crippen LogP contribution in [-0.2, 0) is 33.4 Å². The van der Waals surface area contributed by atoms with Crippen LogP contribution in [0.25, 0.3) is 0 Å². The van der Waals surface area contributed by atoms with Crippen molar-refractivity contribution in [1.82, 2.24) is 4.98 Å². The summed E-state index contributed by atoms with van der Waals surface area (Å²) in [7, 11) is -3.63. The van der Waals surface area contributed by atoms with E-state index in [1.54, 1.807) is 10.3 Å². The van der Waals surface area contributed by atoms with Gasteiger partial charge in [0.1, 0.15) is 23.1 Å². The molecule has 0 saturated heterocycles. The number of amides is 1. The molecule has 6 nitrogen and oxygen atoms in total. The number of hydrogen-bond donors (Lipinski definition) is 0. The third-order valence-electron chi connectivity index (χ3n) is 4.83. The summed E-state index contributed by atoms with van der Waals surface area (Å²) in [6, 6.07) is 17.0. The number of aromatic nitrogens is 1. The largest absolute Gasteiger partial charge is 0.486 e. The molecule has 1 amide bonds. The Bertz CT molecular complexity index is 1130. The third kappa shape index (κ3) is 5.06. The molecule has 0 atom stereocenters. The molecule has 0 bridgehead atoms. The predicted molar refractivity (Wildman–Crippen MR) is 117 cm³/mol. The van der Waals surface area contributed by atoms with Crippen LogP contribution in [0.1, 0.15) is 22.7 Å². The number of fused-ring (bicyclic) bond motifs is 1. The van der Waals surface area contributed by atoms with Gasteiger partial charge in [0.25, 0.3) is 0 Å². The molecule has 30 heavy (non-hydrogen) atoms. The van der Waals surface area contributed by atoms with E-state index in [1.807, 2.05) is 54.6 Å². The topological polar surface area (TPSA) is 76.6 Å². The van der Waals surface area contributed by atoms with Crippen molar-refractivity contribution in [3.8, 4) is 5.75 Å². The summed E-state index contributed by atoms with van der Waals surface area (Å²) >= 11 is 1.35. The lowest BCUT2D eigenvalue weighted by molar-refractivity contribution is -0.116. The Hall–Kier alpha value is -2.71. The van der Waals surface area contributed by atoms with Crippen LogP contribution in [-0.4, -0.2) is 31.6 Å². The molecule has 2 heterocycles. The van der Waals surface area contributed by atoms with Gasteiger partial charge in [-0.2, -0.15) is 0 Å². The highest BCUT2D eigenvalue weighted by Crippen LogP contribution is 2.27. The maximum Gasteiger partial charge on any atom is 0.242 e. The lowest BCUT2D eigenvalue weighted by Gasteiger charge is -2.29. The molecule has 2 aromatic carbocycles. The number of hydrogen-bond acceptors (Lipinski definition) is 6. The normalized spacial score (nSPS) is 13.7. The first-order valence-electron chi connectivity index (χ1n) is 9.70. The molecule has 4 rings (SSSR count). The molecule has 0 fully saturated rings. The van der Waals surface area contributed by atoms with Crippen LogP contribution in [0.3, 0.4) is 0 Å². The minimum absolute atomic E-state index is 0.254. The second-order valence-corrected chi connectivity index (χ2v) is 10.2. The lowest BCUT2D eigenvalue weighted by atomic mass is 10.0. The first kappa shape index (κ1) is 20.6. The number of para-hydroxylation sites is 2. The summed E-state index contributed by atoms with van der Waals surface area (Å²) in [6.45, 7) is 0.821. The Morgan fingerprint density at radius 2 is 1.87 bits per heavy atom. The Kier molecular flexibility index (Phi) is 6.15. The Balaban J connectivity index is 1.37. The fourth-order valence-electron chi connectivity index (χ4n) is 3.48. The van der Waals surface area contributed by atoms with Gasteiger partial charge in [0.2, 0.25) is 5.91 Å². The first-order chi connectivity index (χ1) is 14.5. The smallest absolute Gasteiger partial charge is 0.242 e. The summed E-state index contributed by atoms with van der Waals surface area (Å²) in [5, 5.41) is 2.40. The number of benzene rings is 2. The zero-order chi connectivity index (χ0) is 21.0. The van der Waals surface area contributed by atoms with E-state index in [2.05, 4.69) is 4.98 Å². The van der Waals surface area contributed by atoms with Crippen LogP contribution in [0.4, 0.5) is 5.69 Å². The highest BCUT2D eigenvalue weighted by Gasteiger charge is 2.27. The van der Waals surface area contributed by atoms with Crippen LogP contribution < -0.4 is 9.64 Å². The molecule has 3 aromatic rings. The van der Waals surface area contributed by atoms with E-state index < -0.39 is 15.6 Å². The van der Waals surface area contributed by atoms with E-state index >= 15 is 0 Å². The summed E-state index contributed by atoms with van der Waals surface area (Å²) < 4.78 is 30.9. The van der Waals surface area contributed by atoms with Crippen LogP contribution in [0.5, 0.6) is 5.75 Å². The van der Waals surface area contributed by atoms with Crippen molar-refractivity contribution in [1.29, 1.82) is 0 Å². The highest BCUT2D eigenvalue weighted by molar-refractivity contribution is 7.91. The maximum atomic E-state index is 12.7. The Morgan fingerprint density at radius 1 is 1.10 bits per heavy atom. The van der Waals surface area contributed by atoms with Gasteiger partial charge in [-0.3, -0.25) is 4.79 Å². The molecule has 0 radical (unpaired) electrons. The Labute approximate surface area is 180 Å². The van der Waals surface area contributed by atoms with E-state index in [9.17, 15) is 13.2 Å². The van der Waals surface area contributed by atoms with Crippen molar-refractivity contribution >= 4 is 32.8 Å². The van der Waals surface area contributed by atoms with Gasteiger partial charge in [-0.25, -0.2) is 13.4 Å². The van der Waals surface area contributed by atoms with Crippen molar-refractivity contribution in [2.24, 2.45) is 0 Å². The quantitative estimate of drug-likeness (QED) is 0.559. The highest BCUT2D eigenvalue weighted by atomic mass is 32.2. The molecular formula is C22H22N2O4S2. The molecule has 1 aromatic heterocycles. The predicted octanol–water partition coefficient (Wildman–Crippen LogP) is 3.62. The van der Waals surface area contributed by atoms with Crippen LogP contribution in [0.2, 0.25) is 0 Å². The molecule has 1 aliphatic rings. The SMILES string of the molecule is O=C(CS(=O)(=O)Cc1csc(COc2ccccc2)n1)N1CCCc2ccccc21. The molecular weight excluding hydrogens is 420 g/mol. The van der Waals surface area contributed by atoms with E-state index in [1.165, 1.54) is 11.3 Å². The molecule has 1 aliphatic heterocycles. The fourth-order valence-corrected chi connectivity index (χ4v) is 5.52.